The maximum atomic E-state index is 11.1. The molecule has 54 heavy (non-hydrogen) atoms. The van der Waals surface area contributed by atoms with E-state index in [0.29, 0.717) is 13.2 Å². The lowest BCUT2D eigenvalue weighted by Crippen LogP contribution is -2.49. The minimum absolute atomic E-state index is 0.0164. The first-order chi connectivity index (χ1) is 26.6. The maximum absolute atomic E-state index is 11.1. The summed E-state index contributed by atoms with van der Waals surface area (Å²) in [6.45, 7) is 6.03. The van der Waals surface area contributed by atoms with Crippen LogP contribution in [0.25, 0.3) is 0 Å². The normalized spacial score (nSPS) is 13.7. The van der Waals surface area contributed by atoms with Gasteiger partial charge >= 0.3 is 0 Å². The molecule has 4 atom stereocenters. The highest BCUT2D eigenvalue weighted by atomic mass is 16.6. The summed E-state index contributed by atoms with van der Waals surface area (Å²) >= 11 is 0. The van der Waals surface area contributed by atoms with Crippen LogP contribution in [0.5, 0.6) is 0 Å². The van der Waals surface area contributed by atoms with E-state index in [1.807, 2.05) is 0 Å². The molecule has 0 bridgehead atoms. The van der Waals surface area contributed by atoms with Gasteiger partial charge in [0.1, 0.15) is 37.6 Å². The van der Waals surface area contributed by atoms with Gasteiger partial charge in [0.25, 0.3) is 0 Å². The van der Waals surface area contributed by atoms with Gasteiger partial charge in [-0.3, -0.25) is 0 Å². The van der Waals surface area contributed by atoms with Crippen molar-refractivity contribution in [2.45, 2.75) is 244 Å². The molecular weight excluding hydrogens is 673 g/mol. The Morgan fingerprint density at radius 2 is 0.593 bits per heavy atom. The van der Waals surface area contributed by atoms with Gasteiger partial charge in [0.2, 0.25) is 0 Å². The molecule has 0 aliphatic heterocycles. The Hall–Kier alpha value is -1.12. The topological polar surface area (TPSA) is 77.4 Å². The summed E-state index contributed by atoms with van der Waals surface area (Å²) in [7, 11) is 0. The lowest BCUT2D eigenvalue weighted by molar-refractivity contribution is -0.156. The fourth-order valence-electron chi connectivity index (χ4n) is 7.14. The molecule has 6 heteroatoms. The van der Waals surface area contributed by atoms with Crippen LogP contribution in [0.3, 0.4) is 0 Å². The zero-order valence-corrected chi connectivity index (χ0v) is 35.9. The summed E-state index contributed by atoms with van der Waals surface area (Å²) in [5, 5.41) is 22.1. The first kappa shape index (κ1) is 52.9. The number of hydrogen-bond acceptors (Lipinski definition) is 6. The Morgan fingerprint density at radius 3 is 0.815 bits per heavy atom. The maximum Gasteiger partial charge on any atom is 0.111 e. The highest BCUT2D eigenvalue weighted by molar-refractivity contribution is 4.89. The number of aliphatic hydroxyl groups is 2. The minimum Gasteiger partial charge on any atom is -0.388 e. The van der Waals surface area contributed by atoms with Gasteiger partial charge in [-0.05, 0) is 12.8 Å². The van der Waals surface area contributed by atoms with Crippen molar-refractivity contribution in [2.24, 2.45) is 0 Å². The van der Waals surface area contributed by atoms with E-state index < -0.39 is 24.4 Å². The quantitative estimate of drug-likeness (QED) is 0.0475. The van der Waals surface area contributed by atoms with E-state index in [-0.39, 0.29) is 26.4 Å². The van der Waals surface area contributed by atoms with Crippen molar-refractivity contribution >= 4 is 0 Å². The van der Waals surface area contributed by atoms with Crippen LogP contribution in [0.2, 0.25) is 0 Å². The number of aliphatic hydroxyl groups excluding tert-OH is 2. The predicted octanol–water partition coefficient (Wildman–Crippen LogP) is 12.3. The van der Waals surface area contributed by atoms with E-state index in [2.05, 4.69) is 25.7 Å². The van der Waals surface area contributed by atoms with Crippen LogP contribution < -0.4 is 0 Å². The lowest BCUT2D eigenvalue weighted by Gasteiger charge is -2.31. The van der Waals surface area contributed by atoms with E-state index in [4.69, 9.17) is 31.8 Å². The van der Waals surface area contributed by atoms with Crippen molar-refractivity contribution in [3.05, 3.63) is 0 Å². The van der Waals surface area contributed by atoms with Crippen LogP contribution in [0.4, 0.5) is 0 Å². The summed E-state index contributed by atoms with van der Waals surface area (Å²) in [5.74, 6) is 4.90. The van der Waals surface area contributed by atoms with Gasteiger partial charge in [0, 0.05) is 13.2 Å². The molecule has 0 aliphatic carbocycles. The number of rotatable bonds is 45. The third kappa shape index (κ3) is 36.5. The fourth-order valence-corrected chi connectivity index (χ4v) is 7.14. The average Bonchev–Trinajstić information content (AvgIpc) is 3.18. The van der Waals surface area contributed by atoms with Crippen LogP contribution >= 0.6 is 0 Å². The second-order valence-electron chi connectivity index (χ2n) is 15.8. The average molecular weight is 763 g/mol. The van der Waals surface area contributed by atoms with E-state index >= 15 is 0 Å². The van der Waals surface area contributed by atoms with Gasteiger partial charge in [-0.25, -0.2) is 0 Å². The first-order valence-corrected chi connectivity index (χ1v) is 23.2. The minimum atomic E-state index is -1.26. The van der Waals surface area contributed by atoms with E-state index in [1.54, 1.807) is 0 Å². The largest absolute Gasteiger partial charge is 0.388 e. The second-order valence-corrected chi connectivity index (χ2v) is 15.8. The SMILES string of the molecule is C#CCO[C@H](COCCCCCCCCCCCCCCCCCC)[C@@H](O)[C@H](O)[C@@H](COCCCCCCCCCCCCCCCCCC)OCC#C. The van der Waals surface area contributed by atoms with Gasteiger partial charge in [-0.15, -0.1) is 12.8 Å². The summed E-state index contributed by atoms with van der Waals surface area (Å²) in [6, 6.07) is 0. The first-order valence-electron chi connectivity index (χ1n) is 23.2. The number of terminal acetylenes is 2. The molecule has 0 fully saturated rings. The van der Waals surface area contributed by atoms with Crippen molar-refractivity contribution in [3.8, 4) is 24.7 Å². The van der Waals surface area contributed by atoms with Gasteiger partial charge in [0.05, 0.1) is 13.2 Å². The molecule has 0 aromatic carbocycles. The number of ether oxygens (including phenoxy) is 4. The Kier molecular flexibility index (Phi) is 43.7. The molecule has 2 N–H and O–H groups in total. The van der Waals surface area contributed by atoms with Crippen molar-refractivity contribution < 1.29 is 29.2 Å². The lowest BCUT2D eigenvalue weighted by atomic mass is 10.0. The molecule has 0 aromatic rings. The van der Waals surface area contributed by atoms with Crippen LogP contribution in [0.15, 0.2) is 0 Å². The molecule has 0 aliphatic rings. The van der Waals surface area contributed by atoms with Gasteiger partial charge in [-0.1, -0.05) is 218 Å². The molecule has 0 heterocycles. The third-order valence-corrected chi connectivity index (χ3v) is 10.7. The van der Waals surface area contributed by atoms with Gasteiger partial charge < -0.3 is 29.2 Å². The molecule has 0 spiro atoms. The Morgan fingerprint density at radius 1 is 0.370 bits per heavy atom. The zero-order valence-electron chi connectivity index (χ0n) is 35.9. The molecule has 0 rings (SSSR count). The smallest absolute Gasteiger partial charge is 0.111 e. The monoisotopic (exact) mass is 763 g/mol. The molecule has 0 aromatic heterocycles. The van der Waals surface area contributed by atoms with Crippen LogP contribution in [-0.4, -0.2) is 74.3 Å². The van der Waals surface area contributed by atoms with Crippen LogP contribution in [-0.2, 0) is 18.9 Å². The number of hydrogen-bond donors (Lipinski definition) is 2. The highest BCUT2D eigenvalue weighted by Gasteiger charge is 2.34. The molecule has 0 radical (unpaired) electrons. The van der Waals surface area contributed by atoms with E-state index in [1.165, 1.54) is 180 Å². The van der Waals surface area contributed by atoms with Gasteiger partial charge in [0.15, 0.2) is 0 Å². The summed E-state index contributed by atoms with van der Waals surface area (Å²) in [5.41, 5.74) is 0. The Labute approximate surface area is 336 Å². The molecule has 0 unspecified atom stereocenters. The summed E-state index contributed by atoms with van der Waals surface area (Å²) in [4.78, 5) is 0. The van der Waals surface area contributed by atoms with Gasteiger partial charge in [-0.2, -0.15) is 0 Å². The molecule has 0 saturated carbocycles. The molecule has 0 saturated heterocycles. The van der Waals surface area contributed by atoms with Crippen LogP contribution in [0.1, 0.15) is 219 Å². The number of unbranched alkanes of at least 4 members (excludes halogenated alkanes) is 30. The van der Waals surface area contributed by atoms with E-state index in [9.17, 15) is 10.2 Å². The summed E-state index contributed by atoms with van der Waals surface area (Å²) in [6.07, 6.45) is 49.1. The fraction of sp³-hybridized carbons (Fsp3) is 0.917. The van der Waals surface area contributed by atoms with Crippen LogP contribution in [0, 0.1) is 24.7 Å². The van der Waals surface area contributed by atoms with Crippen molar-refractivity contribution in [1.29, 1.82) is 0 Å². The Balaban J connectivity index is 4.06. The molecule has 318 valence electrons. The second kappa shape index (κ2) is 44.6. The van der Waals surface area contributed by atoms with Crippen molar-refractivity contribution in [2.75, 3.05) is 39.6 Å². The zero-order chi connectivity index (χ0) is 39.4. The van der Waals surface area contributed by atoms with Crippen molar-refractivity contribution in [1.82, 2.24) is 0 Å². The molecule has 6 nitrogen and oxygen atoms in total. The highest BCUT2D eigenvalue weighted by Crippen LogP contribution is 2.17. The van der Waals surface area contributed by atoms with Crippen molar-refractivity contribution in [3.63, 3.8) is 0 Å². The predicted molar refractivity (Wildman–Crippen MR) is 230 cm³/mol. The summed E-state index contributed by atoms with van der Waals surface area (Å²) < 4.78 is 23.1. The molecular formula is C48H90O6. The Bertz CT molecular complexity index is 740. The van der Waals surface area contributed by atoms with E-state index in [0.717, 1.165) is 25.7 Å². The standard InChI is InChI=1S/C48H90O6/c1-5-9-11-13-15-17-19-21-23-25-27-29-31-33-35-37-41-51-43-45(53-39-7-3)47(49)48(50)46(54-40-8-4)44-52-42-38-36-34-32-30-28-26-24-22-20-18-16-14-12-10-6-2/h3-4,45-50H,5-6,9-44H2,1-2H3/t45-,46-,47-,48-/m1/s1. The third-order valence-electron chi connectivity index (χ3n) is 10.7. The molecule has 0 amide bonds.